The van der Waals surface area contributed by atoms with E-state index in [-0.39, 0.29) is 11.1 Å². The number of anilines is 1. The molecule has 0 saturated heterocycles. The van der Waals surface area contributed by atoms with Gasteiger partial charge in [0.05, 0.1) is 18.5 Å². The van der Waals surface area contributed by atoms with E-state index in [2.05, 4.69) is 15.0 Å². The fraction of sp³-hybridized carbons (Fsp3) is 0.500. The monoisotopic (exact) mass is 333 g/mol. The van der Waals surface area contributed by atoms with Gasteiger partial charge in [0.15, 0.2) is 11.5 Å². The van der Waals surface area contributed by atoms with Gasteiger partial charge < -0.3 is 24.8 Å². The van der Waals surface area contributed by atoms with Gasteiger partial charge in [-0.3, -0.25) is 4.57 Å². The first-order valence-electron chi connectivity index (χ1n) is 6.10. The summed E-state index contributed by atoms with van der Waals surface area (Å²) in [7, 11) is -4.19. The third-order valence-corrected chi connectivity index (χ3v) is 3.90. The Hall–Kier alpha value is -1.25. The van der Waals surface area contributed by atoms with Crippen molar-refractivity contribution in [3.05, 3.63) is 11.6 Å². The van der Waals surface area contributed by atoms with Gasteiger partial charge in [-0.15, -0.1) is 0 Å². The van der Waals surface area contributed by atoms with Crippen LogP contribution in [0.25, 0.3) is 11.2 Å². The van der Waals surface area contributed by atoms with Crippen molar-refractivity contribution in [2.75, 3.05) is 12.1 Å². The zero-order chi connectivity index (χ0) is 15.3. The van der Waals surface area contributed by atoms with Crippen LogP contribution in [0.3, 0.4) is 0 Å². The van der Waals surface area contributed by atoms with E-state index in [9.17, 15) is 4.57 Å². The summed E-state index contributed by atoms with van der Waals surface area (Å²) in [5.41, 5.74) is 6.03. The molecule has 11 heteroatoms. The highest BCUT2D eigenvalue weighted by Gasteiger charge is 2.46. The van der Waals surface area contributed by atoms with Gasteiger partial charge >= 0.3 is 7.60 Å². The van der Waals surface area contributed by atoms with Crippen LogP contribution < -0.4 is 5.73 Å². The van der Waals surface area contributed by atoms with Gasteiger partial charge in [0.2, 0.25) is 5.28 Å². The van der Waals surface area contributed by atoms with E-state index in [1.807, 2.05) is 0 Å². The van der Waals surface area contributed by atoms with E-state index in [0.717, 1.165) is 0 Å². The molecule has 0 radical (unpaired) electrons. The number of ether oxygens (including phenoxy) is 1. The molecule has 114 valence electrons. The Morgan fingerprint density at radius 2 is 2.19 bits per heavy atom. The molecule has 4 N–H and O–H groups in total. The molecule has 1 aliphatic carbocycles. The average molecular weight is 334 g/mol. The molecule has 0 atom stereocenters. The normalized spacial score (nSPS) is 17.3. The summed E-state index contributed by atoms with van der Waals surface area (Å²) in [6, 6.07) is 0. The van der Waals surface area contributed by atoms with E-state index in [0.29, 0.717) is 30.6 Å². The summed E-state index contributed by atoms with van der Waals surface area (Å²) in [6.45, 7) is 0.371. The minimum absolute atomic E-state index is 0.0164. The Kier molecular flexibility index (Phi) is 3.42. The lowest BCUT2D eigenvalue weighted by Gasteiger charge is -2.17. The minimum atomic E-state index is -4.19. The number of halogens is 1. The molecular formula is C10H13ClN5O4P. The molecule has 1 aliphatic rings. The SMILES string of the molecule is Nc1nc(Cl)nc2c1ncn2CC1(OCP(=O)(O)O)CC1. The van der Waals surface area contributed by atoms with Crippen LogP contribution in [-0.4, -0.2) is 41.3 Å². The second kappa shape index (κ2) is 4.89. The molecule has 9 nitrogen and oxygen atoms in total. The highest BCUT2D eigenvalue weighted by Crippen LogP contribution is 2.46. The second-order valence-electron chi connectivity index (χ2n) is 5.04. The molecule has 0 aromatic carbocycles. The van der Waals surface area contributed by atoms with Gasteiger partial charge in [0, 0.05) is 0 Å². The maximum Gasteiger partial charge on any atom is 0.351 e. The van der Waals surface area contributed by atoms with Crippen LogP contribution in [0.4, 0.5) is 5.82 Å². The van der Waals surface area contributed by atoms with Gasteiger partial charge in [-0.25, -0.2) is 4.98 Å². The van der Waals surface area contributed by atoms with Crippen LogP contribution in [0.1, 0.15) is 12.8 Å². The smallest absolute Gasteiger partial charge is 0.351 e. The van der Waals surface area contributed by atoms with E-state index in [1.54, 1.807) is 4.57 Å². The molecule has 2 aromatic heterocycles. The highest BCUT2D eigenvalue weighted by atomic mass is 35.5. The molecular weight excluding hydrogens is 321 g/mol. The van der Waals surface area contributed by atoms with Crippen molar-refractivity contribution in [3.63, 3.8) is 0 Å². The number of aromatic nitrogens is 4. The summed E-state index contributed by atoms with van der Waals surface area (Å²) in [4.78, 5) is 29.8. The molecule has 0 amide bonds. The number of hydrogen-bond acceptors (Lipinski definition) is 6. The Labute approximate surface area is 124 Å². The number of nitrogen functional groups attached to an aromatic ring is 1. The molecule has 1 fully saturated rings. The Balaban J connectivity index is 1.84. The van der Waals surface area contributed by atoms with Crippen molar-refractivity contribution in [3.8, 4) is 0 Å². The van der Waals surface area contributed by atoms with E-state index in [4.69, 9.17) is 31.9 Å². The lowest BCUT2D eigenvalue weighted by molar-refractivity contribution is 0.0417. The summed E-state index contributed by atoms with van der Waals surface area (Å²) >= 11 is 5.78. The fourth-order valence-corrected chi connectivity index (χ4v) is 2.69. The largest absolute Gasteiger partial charge is 0.382 e. The van der Waals surface area contributed by atoms with Crippen LogP contribution >= 0.6 is 19.2 Å². The second-order valence-corrected chi connectivity index (χ2v) is 6.97. The summed E-state index contributed by atoms with van der Waals surface area (Å²) in [5.74, 6) is 0.185. The summed E-state index contributed by atoms with van der Waals surface area (Å²) in [5, 5.41) is 0.0164. The number of nitrogens with two attached hydrogens (primary N) is 1. The highest BCUT2D eigenvalue weighted by molar-refractivity contribution is 7.51. The zero-order valence-electron chi connectivity index (χ0n) is 10.8. The lowest BCUT2D eigenvalue weighted by atomic mass is 10.3. The first-order valence-corrected chi connectivity index (χ1v) is 8.28. The zero-order valence-corrected chi connectivity index (χ0v) is 12.5. The first-order chi connectivity index (χ1) is 9.78. The van der Waals surface area contributed by atoms with Gasteiger partial charge in [0.25, 0.3) is 0 Å². The Morgan fingerprint density at radius 1 is 1.48 bits per heavy atom. The van der Waals surface area contributed by atoms with Crippen molar-refractivity contribution < 1.29 is 19.1 Å². The molecule has 1 saturated carbocycles. The Morgan fingerprint density at radius 3 is 2.81 bits per heavy atom. The molecule has 0 unspecified atom stereocenters. The maximum absolute atomic E-state index is 10.9. The molecule has 2 aromatic rings. The number of fused-ring (bicyclic) bond motifs is 1. The van der Waals surface area contributed by atoms with Crippen molar-refractivity contribution in [1.82, 2.24) is 19.5 Å². The number of imidazole rings is 1. The van der Waals surface area contributed by atoms with Crippen molar-refractivity contribution in [2.24, 2.45) is 0 Å². The van der Waals surface area contributed by atoms with Crippen LogP contribution in [0.5, 0.6) is 0 Å². The quantitative estimate of drug-likeness (QED) is 0.538. The van der Waals surface area contributed by atoms with Crippen molar-refractivity contribution >= 4 is 36.2 Å². The predicted octanol–water partition coefficient (Wildman–Crippen LogP) is 0.746. The summed E-state index contributed by atoms with van der Waals surface area (Å²) in [6.07, 6.45) is 2.35. The van der Waals surface area contributed by atoms with Crippen LogP contribution in [-0.2, 0) is 15.8 Å². The fourth-order valence-electron chi connectivity index (χ4n) is 2.07. The molecule has 3 rings (SSSR count). The number of hydrogen-bond donors (Lipinski definition) is 3. The van der Waals surface area contributed by atoms with Gasteiger partial charge in [-0.05, 0) is 24.4 Å². The predicted molar refractivity (Wildman–Crippen MR) is 74.7 cm³/mol. The summed E-state index contributed by atoms with van der Waals surface area (Å²) < 4.78 is 18.0. The average Bonchev–Trinajstić information content (AvgIpc) is 3.02. The van der Waals surface area contributed by atoms with Crippen LogP contribution in [0, 0.1) is 0 Å². The number of nitrogens with zero attached hydrogens (tertiary/aromatic N) is 4. The third kappa shape index (κ3) is 3.17. The molecule has 0 aliphatic heterocycles. The van der Waals surface area contributed by atoms with Gasteiger partial charge in [-0.1, -0.05) is 0 Å². The molecule has 21 heavy (non-hydrogen) atoms. The van der Waals surface area contributed by atoms with E-state index >= 15 is 0 Å². The molecule has 0 bridgehead atoms. The minimum Gasteiger partial charge on any atom is -0.382 e. The van der Waals surface area contributed by atoms with Gasteiger partial charge in [-0.2, -0.15) is 9.97 Å². The maximum atomic E-state index is 10.9. The van der Waals surface area contributed by atoms with Crippen LogP contribution in [0.2, 0.25) is 5.28 Å². The van der Waals surface area contributed by atoms with Crippen molar-refractivity contribution in [1.29, 1.82) is 0 Å². The lowest BCUT2D eigenvalue weighted by Crippen LogP contribution is -2.22. The first kappa shape index (κ1) is 14.7. The topological polar surface area (TPSA) is 136 Å². The third-order valence-electron chi connectivity index (χ3n) is 3.27. The standard InChI is InChI=1S/C10H13ClN5O4P/c11-9-14-7(12)6-8(15-9)16(4-13-6)3-10(1-2-10)20-5-21(17,18)19/h4H,1-3,5H2,(H2,12,14,15)(H2,17,18,19). The molecule has 2 heterocycles. The van der Waals surface area contributed by atoms with E-state index < -0.39 is 19.5 Å². The van der Waals surface area contributed by atoms with Crippen molar-refractivity contribution in [2.45, 2.75) is 25.0 Å². The number of rotatable bonds is 5. The van der Waals surface area contributed by atoms with Gasteiger partial charge in [0.1, 0.15) is 11.9 Å². The Bertz CT molecular complexity index is 740. The van der Waals surface area contributed by atoms with Crippen LogP contribution in [0.15, 0.2) is 6.33 Å². The van der Waals surface area contributed by atoms with E-state index in [1.165, 1.54) is 6.33 Å². The molecule has 0 spiro atoms.